The van der Waals surface area contributed by atoms with E-state index in [1.165, 1.54) is 0 Å². The number of aliphatic imine (C=N–C) groups is 1. The molecule has 3 aromatic rings. The van der Waals surface area contributed by atoms with Crippen molar-refractivity contribution in [1.29, 1.82) is 0 Å². The molecule has 0 radical (unpaired) electrons. The summed E-state index contributed by atoms with van der Waals surface area (Å²) in [7, 11) is 0. The molecule has 0 bridgehead atoms. The van der Waals surface area contributed by atoms with Crippen LogP contribution in [0.15, 0.2) is 98.2 Å². The van der Waals surface area contributed by atoms with E-state index in [1.807, 2.05) is 81.4 Å². The van der Waals surface area contributed by atoms with Crippen LogP contribution in [0.4, 0.5) is 17.1 Å². The smallest absolute Gasteiger partial charge is 0.250 e. The quantitative estimate of drug-likeness (QED) is 0.457. The Hall–Kier alpha value is -4.00. The third-order valence-corrected chi connectivity index (χ3v) is 5.34. The molecule has 7 heteroatoms. The Kier molecular flexibility index (Phi) is 6.22. The Morgan fingerprint density at radius 1 is 0.909 bits per heavy atom. The second-order valence-corrected chi connectivity index (χ2v) is 8.69. The predicted molar refractivity (Wildman–Crippen MR) is 130 cm³/mol. The van der Waals surface area contributed by atoms with E-state index < -0.39 is 11.9 Å². The fourth-order valence-electron chi connectivity index (χ4n) is 3.75. The van der Waals surface area contributed by atoms with Crippen LogP contribution in [0.3, 0.4) is 0 Å². The summed E-state index contributed by atoms with van der Waals surface area (Å²) in [5.41, 5.74) is 10.8. The van der Waals surface area contributed by atoms with Gasteiger partial charge in [-0.25, -0.2) is 0 Å². The van der Waals surface area contributed by atoms with E-state index in [4.69, 9.17) is 10.7 Å². The van der Waals surface area contributed by atoms with E-state index >= 15 is 0 Å². The van der Waals surface area contributed by atoms with Gasteiger partial charge in [0.05, 0.1) is 16.9 Å². The van der Waals surface area contributed by atoms with Gasteiger partial charge in [0.2, 0.25) is 5.91 Å². The summed E-state index contributed by atoms with van der Waals surface area (Å²) in [5, 5.41) is 17.3. The molecule has 1 amide bonds. The number of hydrogen-bond donors (Lipinski definition) is 1. The lowest BCUT2D eigenvalue weighted by molar-refractivity contribution is -0.117. The van der Waals surface area contributed by atoms with Crippen LogP contribution in [0.2, 0.25) is 0 Å². The highest BCUT2D eigenvalue weighted by Gasteiger charge is 2.33. The SMILES string of the molecule is Cc1ccc(N=Nc2ccccc2N=NC(C(N)=O)C2=NC(C)(C)Cc3ccccc32)cc1. The second kappa shape index (κ2) is 9.24. The maximum atomic E-state index is 12.4. The van der Waals surface area contributed by atoms with Crippen LogP contribution >= 0.6 is 0 Å². The first-order valence-corrected chi connectivity index (χ1v) is 10.8. The van der Waals surface area contributed by atoms with Gasteiger partial charge in [0.25, 0.3) is 0 Å². The molecule has 1 aliphatic rings. The van der Waals surface area contributed by atoms with Gasteiger partial charge in [-0.1, -0.05) is 54.1 Å². The Morgan fingerprint density at radius 3 is 2.24 bits per heavy atom. The van der Waals surface area contributed by atoms with Crippen LogP contribution in [0.25, 0.3) is 0 Å². The van der Waals surface area contributed by atoms with Crippen LogP contribution in [-0.2, 0) is 11.2 Å². The molecule has 2 N–H and O–H groups in total. The number of carbonyl (C=O) groups is 1. The van der Waals surface area contributed by atoms with Gasteiger partial charge in [0.1, 0.15) is 11.4 Å². The summed E-state index contributed by atoms with van der Waals surface area (Å²) in [6.07, 6.45) is 0.775. The van der Waals surface area contributed by atoms with Crippen LogP contribution in [0.1, 0.15) is 30.5 Å². The van der Waals surface area contributed by atoms with Crippen molar-refractivity contribution in [2.45, 2.75) is 38.8 Å². The van der Waals surface area contributed by atoms with Gasteiger partial charge in [-0.15, -0.1) is 5.11 Å². The number of azo groups is 2. The molecule has 1 aliphatic heterocycles. The van der Waals surface area contributed by atoms with E-state index in [0.29, 0.717) is 17.1 Å². The standard InChI is InChI=1S/C26H26N6O/c1-17-12-14-19(15-13-17)29-30-21-10-6-7-11-22(21)31-32-24(25(27)33)23-20-9-5-4-8-18(20)16-26(2,3)28-23/h4-15,24H,16H2,1-3H3,(H2,27,33). The van der Waals surface area contributed by atoms with Crippen molar-refractivity contribution in [1.82, 2.24) is 0 Å². The number of nitrogens with zero attached hydrogens (tertiary/aromatic N) is 5. The number of hydrogen-bond acceptors (Lipinski definition) is 6. The summed E-state index contributed by atoms with van der Waals surface area (Å²) >= 11 is 0. The van der Waals surface area contributed by atoms with Crippen LogP contribution in [0.5, 0.6) is 0 Å². The molecule has 1 heterocycles. The molecule has 4 rings (SSSR count). The molecule has 1 unspecified atom stereocenters. The van der Waals surface area contributed by atoms with Gasteiger partial charge in [0.15, 0.2) is 6.04 Å². The lowest BCUT2D eigenvalue weighted by atomic mass is 9.85. The first-order valence-electron chi connectivity index (χ1n) is 10.8. The topological polar surface area (TPSA) is 105 Å². The highest BCUT2D eigenvalue weighted by molar-refractivity contribution is 6.17. The Morgan fingerprint density at radius 2 is 1.55 bits per heavy atom. The van der Waals surface area contributed by atoms with Gasteiger partial charge < -0.3 is 5.73 Å². The zero-order valence-electron chi connectivity index (χ0n) is 18.9. The minimum atomic E-state index is -1.01. The summed E-state index contributed by atoms with van der Waals surface area (Å²) in [6.45, 7) is 6.07. The van der Waals surface area contributed by atoms with Gasteiger partial charge in [-0.05, 0) is 57.0 Å². The van der Waals surface area contributed by atoms with Gasteiger partial charge in [-0.3, -0.25) is 9.79 Å². The van der Waals surface area contributed by atoms with E-state index in [-0.39, 0.29) is 5.54 Å². The van der Waals surface area contributed by atoms with E-state index in [9.17, 15) is 4.79 Å². The van der Waals surface area contributed by atoms with Crippen LogP contribution in [0, 0.1) is 6.92 Å². The molecule has 0 aromatic heterocycles. The minimum absolute atomic E-state index is 0.368. The third kappa shape index (κ3) is 5.26. The average molecular weight is 439 g/mol. The number of benzene rings is 3. The number of carbonyl (C=O) groups excluding carboxylic acids is 1. The molecule has 0 spiro atoms. The molecular weight excluding hydrogens is 412 g/mol. The highest BCUT2D eigenvalue weighted by Crippen LogP contribution is 2.32. The number of aryl methyl sites for hydroxylation is 1. The largest absolute Gasteiger partial charge is 0.367 e. The molecule has 166 valence electrons. The Labute approximate surface area is 193 Å². The first-order chi connectivity index (χ1) is 15.8. The second-order valence-electron chi connectivity index (χ2n) is 8.69. The number of fused-ring (bicyclic) bond motifs is 1. The molecule has 0 aliphatic carbocycles. The molecule has 0 fully saturated rings. The third-order valence-electron chi connectivity index (χ3n) is 5.34. The van der Waals surface area contributed by atoms with Gasteiger partial charge in [-0.2, -0.15) is 15.3 Å². The lowest BCUT2D eigenvalue weighted by Gasteiger charge is -2.30. The Bertz CT molecular complexity index is 1260. The van der Waals surface area contributed by atoms with Crippen molar-refractivity contribution >= 4 is 28.7 Å². The molecule has 0 saturated carbocycles. The summed E-state index contributed by atoms with van der Waals surface area (Å²) in [4.78, 5) is 17.2. The summed E-state index contributed by atoms with van der Waals surface area (Å²) < 4.78 is 0. The average Bonchev–Trinajstić information content (AvgIpc) is 2.78. The van der Waals surface area contributed by atoms with Crippen molar-refractivity contribution in [3.8, 4) is 0 Å². The maximum Gasteiger partial charge on any atom is 0.250 e. The zero-order valence-corrected chi connectivity index (χ0v) is 18.9. The van der Waals surface area contributed by atoms with Gasteiger partial charge >= 0.3 is 0 Å². The normalized spacial score (nSPS) is 15.9. The fourth-order valence-corrected chi connectivity index (χ4v) is 3.75. The van der Waals surface area contributed by atoms with Crippen molar-refractivity contribution < 1.29 is 4.79 Å². The molecule has 33 heavy (non-hydrogen) atoms. The predicted octanol–water partition coefficient (Wildman–Crippen LogP) is 6.17. The first kappa shape index (κ1) is 22.2. The molecule has 0 saturated heterocycles. The number of amides is 1. The maximum absolute atomic E-state index is 12.4. The van der Waals surface area contributed by atoms with Crippen molar-refractivity contribution in [3.63, 3.8) is 0 Å². The van der Waals surface area contributed by atoms with Crippen LogP contribution < -0.4 is 5.73 Å². The minimum Gasteiger partial charge on any atom is -0.367 e. The van der Waals surface area contributed by atoms with Gasteiger partial charge in [0, 0.05) is 5.56 Å². The van der Waals surface area contributed by atoms with Crippen molar-refractivity contribution in [2.24, 2.45) is 31.2 Å². The van der Waals surface area contributed by atoms with Crippen LogP contribution in [-0.4, -0.2) is 23.2 Å². The highest BCUT2D eigenvalue weighted by atomic mass is 16.1. The summed E-state index contributed by atoms with van der Waals surface area (Å²) in [5.74, 6) is -0.608. The Balaban J connectivity index is 1.67. The monoisotopic (exact) mass is 438 g/mol. The molecule has 7 nitrogen and oxygen atoms in total. The van der Waals surface area contributed by atoms with E-state index in [2.05, 4.69) is 20.5 Å². The number of primary amides is 1. The van der Waals surface area contributed by atoms with Crippen molar-refractivity contribution in [2.75, 3.05) is 0 Å². The molecule has 3 aromatic carbocycles. The molecule has 1 atom stereocenters. The van der Waals surface area contributed by atoms with E-state index in [1.54, 1.807) is 12.1 Å². The lowest BCUT2D eigenvalue weighted by Crippen LogP contribution is -2.40. The summed E-state index contributed by atoms with van der Waals surface area (Å²) in [6, 6.07) is 21.9. The van der Waals surface area contributed by atoms with E-state index in [0.717, 1.165) is 28.8 Å². The number of rotatable bonds is 6. The fraction of sp³-hybridized carbons (Fsp3) is 0.231. The zero-order chi connectivity index (χ0) is 23.4. The molecular formula is C26H26N6O. The number of nitrogens with two attached hydrogens (primary N) is 1. The van der Waals surface area contributed by atoms with Crippen molar-refractivity contribution in [3.05, 3.63) is 89.5 Å².